The molecule has 0 atom stereocenters. The highest BCUT2D eigenvalue weighted by molar-refractivity contribution is 5.51. The molecular weight excluding hydrogens is 375 g/mol. The van der Waals surface area contributed by atoms with Crippen molar-refractivity contribution in [2.75, 3.05) is 0 Å². The molecular formula is C18H12F3N5O2. The van der Waals surface area contributed by atoms with E-state index in [0.717, 1.165) is 12.1 Å². The van der Waals surface area contributed by atoms with Crippen LogP contribution < -0.4 is 5.56 Å². The molecule has 0 radical (unpaired) electrons. The molecule has 0 spiro atoms. The fraction of sp³-hybridized carbons (Fsp3) is 0.111. The first-order valence-corrected chi connectivity index (χ1v) is 8.11. The minimum atomic E-state index is -4.39. The quantitative estimate of drug-likeness (QED) is 0.538. The minimum absolute atomic E-state index is 0.149. The highest BCUT2D eigenvalue weighted by Gasteiger charge is 2.30. The van der Waals surface area contributed by atoms with Gasteiger partial charge in [0.15, 0.2) is 5.82 Å². The van der Waals surface area contributed by atoms with Gasteiger partial charge in [-0.3, -0.25) is 4.79 Å². The van der Waals surface area contributed by atoms with Crippen LogP contribution in [0.5, 0.6) is 0 Å². The lowest BCUT2D eigenvalue weighted by molar-refractivity contribution is -0.137. The largest absolute Gasteiger partial charge is 0.416 e. The van der Waals surface area contributed by atoms with Crippen LogP contribution >= 0.6 is 0 Å². The lowest BCUT2D eigenvalue weighted by Gasteiger charge is -2.07. The normalized spacial score (nSPS) is 11.7. The Labute approximate surface area is 155 Å². The predicted octanol–water partition coefficient (Wildman–Crippen LogP) is 3.15. The van der Waals surface area contributed by atoms with E-state index in [2.05, 4.69) is 15.2 Å². The Balaban J connectivity index is 1.54. The first kappa shape index (κ1) is 17.7. The second-order valence-corrected chi connectivity index (χ2v) is 5.90. The van der Waals surface area contributed by atoms with Crippen LogP contribution in [-0.4, -0.2) is 24.5 Å². The molecule has 0 saturated heterocycles. The third-order valence-corrected chi connectivity index (χ3v) is 3.97. The molecule has 0 saturated carbocycles. The monoisotopic (exact) mass is 387 g/mol. The van der Waals surface area contributed by atoms with E-state index in [9.17, 15) is 18.0 Å². The molecule has 142 valence electrons. The number of alkyl halides is 3. The zero-order valence-corrected chi connectivity index (χ0v) is 14.2. The molecule has 4 rings (SSSR count). The van der Waals surface area contributed by atoms with Crippen molar-refractivity contribution in [3.63, 3.8) is 0 Å². The number of hydrogen-bond donors (Lipinski definition) is 0. The van der Waals surface area contributed by atoms with Crippen LogP contribution in [0.1, 0.15) is 11.4 Å². The van der Waals surface area contributed by atoms with Crippen LogP contribution in [0, 0.1) is 0 Å². The molecule has 7 nitrogen and oxygen atoms in total. The van der Waals surface area contributed by atoms with Gasteiger partial charge in [-0.1, -0.05) is 11.2 Å². The number of halogens is 3. The number of rotatable bonds is 4. The van der Waals surface area contributed by atoms with Gasteiger partial charge < -0.3 is 9.09 Å². The van der Waals surface area contributed by atoms with Gasteiger partial charge in [0.1, 0.15) is 0 Å². The van der Waals surface area contributed by atoms with Crippen molar-refractivity contribution in [3.8, 4) is 17.1 Å². The maximum absolute atomic E-state index is 12.7. The van der Waals surface area contributed by atoms with Gasteiger partial charge in [0.25, 0.3) is 11.4 Å². The second-order valence-electron chi connectivity index (χ2n) is 5.90. The van der Waals surface area contributed by atoms with E-state index in [1.165, 1.54) is 33.6 Å². The van der Waals surface area contributed by atoms with E-state index in [4.69, 9.17) is 4.52 Å². The summed E-state index contributed by atoms with van der Waals surface area (Å²) in [6.07, 6.45) is 0.244. The highest BCUT2D eigenvalue weighted by Crippen LogP contribution is 2.29. The van der Waals surface area contributed by atoms with Crippen molar-refractivity contribution >= 4 is 0 Å². The smallest absolute Gasteiger partial charge is 0.334 e. The SMILES string of the molecule is O=c1ccccn1Cc1noc(-c2cnn(-c3ccc(C(F)(F)F)cc3)c2)n1. The Kier molecular flexibility index (Phi) is 4.30. The fourth-order valence-electron chi connectivity index (χ4n) is 2.56. The van der Waals surface area contributed by atoms with Gasteiger partial charge in [0.05, 0.1) is 29.6 Å². The summed E-state index contributed by atoms with van der Waals surface area (Å²) in [5.74, 6) is 0.503. The third kappa shape index (κ3) is 3.56. The summed E-state index contributed by atoms with van der Waals surface area (Å²) in [4.78, 5) is 16.0. The van der Waals surface area contributed by atoms with E-state index in [1.54, 1.807) is 24.5 Å². The van der Waals surface area contributed by atoms with Crippen LogP contribution in [0.15, 0.2) is 70.4 Å². The molecule has 0 amide bonds. The third-order valence-electron chi connectivity index (χ3n) is 3.97. The van der Waals surface area contributed by atoms with Crippen molar-refractivity contribution < 1.29 is 17.7 Å². The van der Waals surface area contributed by atoms with E-state index in [1.807, 2.05) is 0 Å². The summed E-state index contributed by atoms with van der Waals surface area (Å²) >= 11 is 0. The van der Waals surface area contributed by atoms with Gasteiger partial charge in [0.2, 0.25) is 0 Å². The number of hydrogen-bond acceptors (Lipinski definition) is 5. The molecule has 0 unspecified atom stereocenters. The first-order chi connectivity index (χ1) is 13.4. The summed E-state index contributed by atoms with van der Waals surface area (Å²) < 4.78 is 46.0. The van der Waals surface area contributed by atoms with Crippen LogP contribution in [0.25, 0.3) is 17.1 Å². The Morgan fingerprint density at radius 3 is 2.57 bits per heavy atom. The number of benzene rings is 1. The maximum atomic E-state index is 12.7. The van der Waals surface area contributed by atoms with Crippen LogP contribution in [0.3, 0.4) is 0 Å². The predicted molar refractivity (Wildman–Crippen MR) is 91.7 cm³/mol. The zero-order chi connectivity index (χ0) is 19.7. The van der Waals surface area contributed by atoms with Crippen molar-refractivity contribution in [2.45, 2.75) is 12.7 Å². The summed E-state index contributed by atoms with van der Waals surface area (Å²) in [5.41, 5.74) is 0.0270. The highest BCUT2D eigenvalue weighted by atomic mass is 19.4. The standard InChI is InChI=1S/C18H12F3N5O2/c19-18(20,21)13-4-6-14(7-5-13)26-10-12(9-22-26)17-23-15(24-28-17)11-25-8-2-1-3-16(25)27/h1-10H,11H2. The molecule has 1 aromatic carbocycles. The summed E-state index contributed by atoms with van der Waals surface area (Å²) in [6.45, 7) is 0.149. The molecule has 0 bridgehead atoms. The molecule has 0 aliphatic rings. The van der Waals surface area contributed by atoms with E-state index >= 15 is 0 Å². The van der Waals surface area contributed by atoms with Crippen LogP contribution in [-0.2, 0) is 12.7 Å². The summed E-state index contributed by atoms with van der Waals surface area (Å²) in [5, 5.41) is 7.96. The van der Waals surface area contributed by atoms with Gasteiger partial charge in [0, 0.05) is 18.5 Å². The van der Waals surface area contributed by atoms with Gasteiger partial charge in [-0.2, -0.15) is 23.3 Å². The molecule has 28 heavy (non-hydrogen) atoms. The van der Waals surface area contributed by atoms with Crippen molar-refractivity contribution in [1.82, 2.24) is 24.5 Å². The Hall–Kier alpha value is -3.69. The van der Waals surface area contributed by atoms with Crippen LogP contribution in [0.4, 0.5) is 13.2 Å². The van der Waals surface area contributed by atoms with Gasteiger partial charge >= 0.3 is 6.18 Å². The van der Waals surface area contributed by atoms with Gasteiger partial charge in [-0.15, -0.1) is 0 Å². The Morgan fingerprint density at radius 1 is 1.07 bits per heavy atom. The summed E-state index contributed by atoms with van der Waals surface area (Å²) in [6, 6.07) is 9.39. The Bertz CT molecular complexity index is 1160. The Morgan fingerprint density at radius 2 is 1.86 bits per heavy atom. The number of aromatic nitrogens is 5. The summed E-state index contributed by atoms with van der Waals surface area (Å²) in [7, 11) is 0. The molecule has 0 N–H and O–H groups in total. The van der Waals surface area contributed by atoms with Crippen LogP contribution in [0.2, 0.25) is 0 Å². The van der Waals surface area contributed by atoms with Gasteiger partial charge in [-0.25, -0.2) is 4.68 Å². The first-order valence-electron chi connectivity index (χ1n) is 8.11. The lowest BCUT2D eigenvalue weighted by atomic mass is 10.2. The maximum Gasteiger partial charge on any atom is 0.416 e. The molecule has 0 fully saturated rings. The minimum Gasteiger partial charge on any atom is -0.334 e. The zero-order valence-electron chi connectivity index (χ0n) is 14.2. The average Bonchev–Trinajstić information content (AvgIpc) is 3.32. The molecule has 3 heterocycles. The second kappa shape index (κ2) is 6.80. The molecule has 3 aromatic heterocycles. The van der Waals surface area contributed by atoms with Crippen molar-refractivity contribution in [3.05, 3.63) is 82.8 Å². The topological polar surface area (TPSA) is 78.7 Å². The van der Waals surface area contributed by atoms with E-state index in [-0.39, 0.29) is 18.0 Å². The van der Waals surface area contributed by atoms with E-state index in [0.29, 0.717) is 17.1 Å². The van der Waals surface area contributed by atoms with E-state index < -0.39 is 11.7 Å². The van der Waals surface area contributed by atoms with Crippen molar-refractivity contribution in [1.29, 1.82) is 0 Å². The molecule has 10 heteroatoms. The molecule has 0 aliphatic carbocycles. The molecule has 0 aliphatic heterocycles. The average molecular weight is 387 g/mol. The van der Waals surface area contributed by atoms with Gasteiger partial charge in [-0.05, 0) is 30.3 Å². The number of nitrogens with zero attached hydrogens (tertiary/aromatic N) is 5. The fourth-order valence-corrected chi connectivity index (χ4v) is 2.56. The number of pyridine rings is 1. The lowest BCUT2D eigenvalue weighted by Crippen LogP contribution is -2.18. The molecule has 4 aromatic rings. The van der Waals surface area contributed by atoms with Crippen molar-refractivity contribution in [2.24, 2.45) is 0 Å².